The van der Waals surface area contributed by atoms with E-state index in [1.807, 2.05) is 6.07 Å². The number of ketones is 1. The molecule has 1 rings (SSSR count). The van der Waals surface area contributed by atoms with Crippen LogP contribution in [0.2, 0.25) is 0 Å². The zero-order valence-electron chi connectivity index (χ0n) is 14.5. The van der Waals surface area contributed by atoms with E-state index < -0.39 is 0 Å². The number of unbranched alkanes of at least 4 members (excludes halogenated alkanes) is 7. The molecule has 4 heteroatoms. The Morgan fingerprint density at radius 2 is 1.57 bits per heavy atom. The second-order valence-corrected chi connectivity index (χ2v) is 6.07. The topological polar surface area (TPSA) is 56.3 Å². The molecular weight excluding hydrogens is 290 g/mol. The van der Waals surface area contributed by atoms with Crippen molar-refractivity contribution >= 4 is 11.8 Å². The van der Waals surface area contributed by atoms with Crippen LogP contribution >= 0.6 is 0 Å². The Bertz CT molecular complexity index is 468. The molecule has 23 heavy (non-hydrogen) atoms. The first-order chi connectivity index (χ1) is 11.1. The molecule has 0 aliphatic rings. The number of hydrogen-bond acceptors (Lipinski definition) is 4. The zero-order chi connectivity index (χ0) is 16.9. The Hall–Kier alpha value is -1.71. The van der Waals surface area contributed by atoms with E-state index in [-0.39, 0.29) is 5.97 Å². The lowest BCUT2D eigenvalue weighted by Crippen LogP contribution is -2.04. The van der Waals surface area contributed by atoms with Gasteiger partial charge in [0.25, 0.3) is 0 Å². The number of Topliss-reactive ketones (excluding diaryl/α,β-unsaturated/α-hetero) is 1. The first-order valence-electron chi connectivity index (χ1n) is 8.66. The molecular formula is C19H29NO3. The first kappa shape index (κ1) is 19.3. The summed E-state index contributed by atoms with van der Waals surface area (Å²) in [6, 6.07) is 3.68. The number of hydrogen-bond donors (Lipinski definition) is 0. The van der Waals surface area contributed by atoms with Gasteiger partial charge in [-0.3, -0.25) is 0 Å². The fourth-order valence-electron chi connectivity index (χ4n) is 2.56. The molecule has 0 aromatic carbocycles. The molecule has 0 bridgehead atoms. The van der Waals surface area contributed by atoms with Gasteiger partial charge < -0.3 is 9.53 Å². The van der Waals surface area contributed by atoms with E-state index in [9.17, 15) is 9.59 Å². The Morgan fingerprint density at radius 3 is 2.09 bits per heavy atom. The summed E-state index contributed by atoms with van der Waals surface area (Å²) in [6.45, 7) is 1.67. The number of methoxy groups -OCH3 is 1. The summed E-state index contributed by atoms with van der Waals surface area (Å²) in [5.74, 6) is -0.0843. The van der Waals surface area contributed by atoms with Gasteiger partial charge in [-0.05, 0) is 37.8 Å². The van der Waals surface area contributed by atoms with Gasteiger partial charge in [-0.15, -0.1) is 0 Å². The molecule has 0 unspecified atom stereocenters. The van der Waals surface area contributed by atoms with Crippen molar-refractivity contribution in [2.24, 2.45) is 0 Å². The first-order valence-corrected chi connectivity index (χ1v) is 8.66. The highest BCUT2D eigenvalue weighted by atomic mass is 16.5. The number of ether oxygens (including phenoxy) is 1. The van der Waals surface area contributed by atoms with Gasteiger partial charge in [0.1, 0.15) is 11.5 Å². The minimum absolute atomic E-state index is 0.305. The van der Waals surface area contributed by atoms with E-state index >= 15 is 0 Å². The van der Waals surface area contributed by atoms with Gasteiger partial charge in [0.2, 0.25) is 0 Å². The number of carbonyl (C=O) groups is 2. The molecule has 0 radical (unpaired) electrons. The molecule has 0 fully saturated rings. The third-order valence-corrected chi connectivity index (χ3v) is 3.96. The van der Waals surface area contributed by atoms with Crippen LogP contribution in [-0.2, 0) is 16.0 Å². The summed E-state index contributed by atoms with van der Waals surface area (Å²) >= 11 is 0. The quantitative estimate of drug-likeness (QED) is 0.420. The van der Waals surface area contributed by atoms with Crippen molar-refractivity contribution in [2.45, 2.75) is 71.1 Å². The highest BCUT2D eigenvalue weighted by Gasteiger charge is 2.05. The lowest BCUT2D eigenvalue weighted by Gasteiger charge is -2.04. The van der Waals surface area contributed by atoms with E-state index in [1.165, 1.54) is 51.2 Å². The smallest absolute Gasteiger partial charge is 0.356 e. The summed E-state index contributed by atoms with van der Waals surface area (Å²) in [5, 5.41) is 0. The maximum Gasteiger partial charge on any atom is 0.356 e. The average molecular weight is 319 g/mol. The van der Waals surface area contributed by atoms with E-state index in [4.69, 9.17) is 0 Å². The lowest BCUT2D eigenvalue weighted by atomic mass is 10.0. The molecule has 0 amide bonds. The molecule has 128 valence electrons. The molecule has 0 saturated heterocycles. The maximum absolute atomic E-state index is 11.3. The molecule has 0 saturated carbocycles. The monoisotopic (exact) mass is 319 g/mol. The molecule has 0 N–H and O–H groups in total. The van der Waals surface area contributed by atoms with E-state index in [0.717, 1.165) is 25.7 Å². The van der Waals surface area contributed by atoms with Gasteiger partial charge in [-0.25, -0.2) is 9.78 Å². The number of aryl methyl sites for hydroxylation is 1. The maximum atomic E-state index is 11.3. The van der Waals surface area contributed by atoms with Gasteiger partial charge in [0, 0.05) is 12.6 Å². The number of nitrogens with zero attached hydrogens (tertiary/aromatic N) is 1. The molecule has 1 aromatic heterocycles. The van der Waals surface area contributed by atoms with E-state index in [2.05, 4.69) is 9.72 Å². The summed E-state index contributed by atoms with van der Waals surface area (Å²) in [7, 11) is 1.36. The lowest BCUT2D eigenvalue weighted by molar-refractivity contribution is -0.117. The number of esters is 1. The molecule has 0 aliphatic carbocycles. The van der Waals surface area contributed by atoms with Gasteiger partial charge in [-0.2, -0.15) is 0 Å². The Balaban J connectivity index is 2.00. The van der Waals surface area contributed by atoms with Crippen LogP contribution in [-0.4, -0.2) is 23.8 Å². The van der Waals surface area contributed by atoms with Crippen molar-refractivity contribution < 1.29 is 14.3 Å². The normalized spacial score (nSPS) is 10.5. The van der Waals surface area contributed by atoms with Crippen LogP contribution in [0.1, 0.15) is 80.8 Å². The molecule has 1 aromatic rings. The predicted octanol–water partition coefficient (Wildman–Crippen LogP) is 4.51. The van der Waals surface area contributed by atoms with Crippen molar-refractivity contribution in [2.75, 3.05) is 7.11 Å². The fraction of sp³-hybridized carbons (Fsp3) is 0.632. The number of aromatic nitrogens is 1. The van der Waals surface area contributed by atoms with Crippen LogP contribution in [0.5, 0.6) is 0 Å². The molecule has 4 nitrogen and oxygen atoms in total. The Labute approximate surface area is 139 Å². The fourth-order valence-corrected chi connectivity index (χ4v) is 2.56. The third kappa shape index (κ3) is 9.11. The van der Waals surface area contributed by atoms with Crippen LogP contribution in [0.25, 0.3) is 0 Å². The van der Waals surface area contributed by atoms with Crippen molar-refractivity contribution in [3.63, 3.8) is 0 Å². The van der Waals surface area contributed by atoms with Crippen LogP contribution in [0.15, 0.2) is 18.3 Å². The summed E-state index contributed by atoms with van der Waals surface area (Å²) in [6.07, 6.45) is 13.2. The van der Waals surface area contributed by atoms with Crippen LogP contribution in [0.3, 0.4) is 0 Å². The minimum Gasteiger partial charge on any atom is -0.464 e. The SMILES string of the molecule is COC(=O)c1ccc(CCCCCCCCCCC(C)=O)cn1. The minimum atomic E-state index is -0.389. The summed E-state index contributed by atoms with van der Waals surface area (Å²) in [5.41, 5.74) is 1.53. The van der Waals surface area contributed by atoms with Crippen molar-refractivity contribution in [1.82, 2.24) is 4.98 Å². The highest BCUT2D eigenvalue weighted by molar-refractivity contribution is 5.86. The van der Waals surface area contributed by atoms with Crippen molar-refractivity contribution in [3.05, 3.63) is 29.6 Å². The van der Waals surface area contributed by atoms with Crippen LogP contribution in [0.4, 0.5) is 0 Å². The van der Waals surface area contributed by atoms with Gasteiger partial charge >= 0.3 is 5.97 Å². The molecule has 0 atom stereocenters. The third-order valence-electron chi connectivity index (χ3n) is 3.96. The number of rotatable bonds is 12. The zero-order valence-corrected chi connectivity index (χ0v) is 14.5. The second-order valence-electron chi connectivity index (χ2n) is 6.07. The predicted molar refractivity (Wildman–Crippen MR) is 91.5 cm³/mol. The highest BCUT2D eigenvalue weighted by Crippen LogP contribution is 2.12. The van der Waals surface area contributed by atoms with E-state index in [0.29, 0.717) is 11.5 Å². The van der Waals surface area contributed by atoms with Crippen molar-refractivity contribution in [1.29, 1.82) is 0 Å². The second kappa shape index (κ2) is 11.8. The number of carbonyl (C=O) groups excluding carboxylic acids is 2. The van der Waals surface area contributed by atoms with E-state index in [1.54, 1.807) is 19.2 Å². The van der Waals surface area contributed by atoms with Gasteiger partial charge in [0.15, 0.2) is 0 Å². The van der Waals surface area contributed by atoms with Crippen molar-refractivity contribution in [3.8, 4) is 0 Å². The molecule has 1 heterocycles. The molecule has 0 spiro atoms. The molecule has 0 aliphatic heterocycles. The van der Waals surface area contributed by atoms with Crippen LogP contribution < -0.4 is 0 Å². The number of pyridine rings is 1. The Kier molecular flexibility index (Phi) is 9.92. The summed E-state index contributed by atoms with van der Waals surface area (Å²) in [4.78, 5) is 26.2. The van der Waals surface area contributed by atoms with Gasteiger partial charge in [-0.1, -0.05) is 44.6 Å². The standard InChI is InChI=1S/C19H29NO3/c1-16(21)11-9-7-5-3-4-6-8-10-12-17-13-14-18(20-15-17)19(22)23-2/h13-15H,3-12H2,1-2H3. The average Bonchev–Trinajstić information content (AvgIpc) is 2.56. The Morgan fingerprint density at radius 1 is 0.957 bits per heavy atom. The van der Waals surface area contributed by atoms with Crippen LogP contribution in [0, 0.1) is 0 Å². The van der Waals surface area contributed by atoms with Gasteiger partial charge in [0.05, 0.1) is 7.11 Å². The largest absolute Gasteiger partial charge is 0.464 e. The summed E-state index contributed by atoms with van der Waals surface area (Å²) < 4.78 is 4.63.